The number of ether oxygens (including phenoxy) is 4. The van der Waals surface area contributed by atoms with Gasteiger partial charge in [0.25, 0.3) is 0 Å². The maximum atomic E-state index is 16.1. The first-order valence-corrected chi connectivity index (χ1v) is 16.4. The van der Waals surface area contributed by atoms with Crippen molar-refractivity contribution in [3.63, 3.8) is 0 Å². The summed E-state index contributed by atoms with van der Waals surface area (Å²) >= 11 is 0. The molecule has 0 N–H and O–H groups in total. The lowest BCUT2D eigenvalue weighted by Gasteiger charge is -2.39. The Kier molecular flexibility index (Phi) is 6.55. The third kappa shape index (κ3) is 3.73. The molecule has 4 atom stereocenters. The molecule has 5 aromatic carbocycles. The Morgan fingerprint density at radius 2 is 1.04 bits per heavy atom. The quantitative estimate of drug-likeness (QED) is 0.181. The van der Waals surface area contributed by atoms with E-state index in [4.69, 9.17) is 18.9 Å². The second-order valence-corrected chi connectivity index (χ2v) is 12.9. The average Bonchev–Trinajstić information content (AvgIpc) is 3.87. The molecule has 2 amide bonds. The molecule has 9 rings (SSSR count). The van der Waals surface area contributed by atoms with Gasteiger partial charge in [-0.15, -0.1) is 0 Å². The van der Waals surface area contributed by atoms with Crippen molar-refractivity contribution in [1.29, 1.82) is 0 Å². The Morgan fingerprint density at radius 1 is 0.580 bits per heavy atom. The normalized spacial score (nSPS) is 24.6. The van der Waals surface area contributed by atoms with E-state index in [1.165, 1.54) is 4.90 Å². The first kappa shape index (κ1) is 29.9. The fourth-order valence-electron chi connectivity index (χ4n) is 8.92. The lowest BCUT2D eigenvalue weighted by molar-refractivity contribution is -0.130. The van der Waals surface area contributed by atoms with Gasteiger partial charge in [-0.25, -0.2) is 4.90 Å². The van der Waals surface area contributed by atoms with E-state index in [9.17, 15) is 0 Å². The first-order chi connectivity index (χ1) is 24.5. The molecule has 2 aliphatic heterocycles. The Balaban J connectivity index is 1.41. The summed E-state index contributed by atoms with van der Waals surface area (Å²) in [5, 5.41) is 0. The number of methoxy groups -OCH3 is 2. The molecule has 2 bridgehead atoms. The van der Waals surface area contributed by atoms with Gasteiger partial charge in [-0.1, -0.05) is 84.9 Å². The Bertz CT molecular complexity index is 2100. The summed E-state index contributed by atoms with van der Waals surface area (Å²) in [4.78, 5) is 47.8. The molecule has 2 fully saturated rings. The fourth-order valence-corrected chi connectivity index (χ4v) is 8.92. The summed E-state index contributed by atoms with van der Waals surface area (Å²) in [6, 6.07) is 39.1. The summed E-state index contributed by atoms with van der Waals surface area (Å²) < 4.78 is 22.2. The molecule has 246 valence electrons. The van der Waals surface area contributed by atoms with E-state index in [0.717, 1.165) is 11.1 Å². The van der Waals surface area contributed by atoms with Gasteiger partial charge in [0.1, 0.15) is 11.5 Å². The molecule has 5 aromatic rings. The predicted octanol–water partition coefficient (Wildman–Crippen LogP) is 6.62. The molecule has 0 spiro atoms. The number of allylic oxidation sites excluding steroid dienone is 2. The highest BCUT2D eigenvalue weighted by atomic mass is 16.7. The maximum Gasteiger partial charge on any atom is 0.239 e. The molecule has 50 heavy (non-hydrogen) atoms. The zero-order valence-electron chi connectivity index (χ0n) is 27.3. The van der Waals surface area contributed by atoms with Crippen LogP contribution in [-0.4, -0.2) is 38.6 Å². The van der Waals surface area contributed by atoms with Crippen LogP contribution in [0.1, 0.15) is 22.3 Å². The SMILES string of the molecule is COc1ccc(C2=C(c3ccc(OC)cc3)C3(c4ccccc4)C(=O)C2(c2ccccc2)C2C(=O)N(c4ccc5c(c4)OCO5)C(=O)C23)cc1. The highest BCUT2D eigenvalue weighted by molar-refractivity contribution is 6.39. The number of fused-ring (bicyclic) bond motifs is 6. The number of hydrogen-bond donors (Lipinski definition) is 0. The Labute approximate surface area is 288 Å². The topological polar surface area (TPSA) is 91.4 Å². The lowest BCUT2D eigenvalue weighted by Crippen LogP contribution is -2.45. The molecule has 1 saturated carbocycles. The van der Waals surface area contributed by atoms with E-state index in [-0.39, 0.29) is 12.6 Å². The van der Waals surface area contributed by atoms with E-state index < -0.39 is 34.5 Å². The molecule has 4 unspecified atom stereocenters. The van der Waals surface area contributed by atoms with Crippen LogP contribution < -0.4 is 23.8 Å². The van der Waals surface area contributed by atoms with E-state index in [0.29, 0.717) is 51.0 Å². The molecule has 8 heteroatoms. The molecule has 8 nitrogen and oxygen atoms in total. The van der Waals surface area contributed by atoms with Crippen molar-refractivity contribution < 1.29 is 33.3 Å². The minimum absolute atomic E-state index is 0.0506. The van der Waals surface area contributed by atoms with E-state index in [2.05, 4.69) is 0 Å². The number of hydrogen-bond acceptors (Lipinski definition) is 7. The molecule has 2 aliphatic carbocycles. The third-order valence-corrected chi connectivity index (χ3v) is 10.8. The van der Waals surface area contributed by atoms with E-state index >= 15 is 14.4 Å². The standard InChI is InChI=1S/C42H31NO7/c1-47-30-18-13-25(14-19-30)34-35(26-15-20-31(48-2)21-16-26)42(28-11-7-4-8-12-28)37-36(41(34,40(42)46)27-9-5-3-6-10-27)38(44)43(39(37)45)29-17-22-32-33(23-29)50-24-49-32/h3-23,36-37H,24H2,1-2H3. The Morgan fingerprint density at radius 3 is 1.50 bits per heavy atom. The van der Waals surface area contributed by atoms with Crippen molar-refractivity contribution in [1.82, 2.24) is 0 Å². The highest BCUT2D eigenvalue weighted by Gasteiger charge is 2.82. The smallest absolute Gasteiger partial charge is 0.239 e. The fraction of sp³-hybridized carbons (Fsp3) is 0.167. The van der Waals surface area contributed by atoms with E-state index in [1.54, 1.807) is 32.4 Å². The van der Waals surface area contributed by atoms with Gasteiger partial charge in [-0.2, -0.15) is 0 Å². The van der Waals surface area contributed by atoms with Gasteiger partial charge >= 0.3 is 0 Å². The number of Topliss-reactive ketones (excluding diaryl/α,β-unsaturated/α-hetero) is 1. The van der Waals surface area contributed by atoms with Gasteiger partial charge in [0.15, 0.2) is 17.3 Å². The average molecular weight is 662 g/mol. The predicted molar refractivity (Wildman–Crippen MR) is 186 cm³/mol. The van der Waals surface area contributed by atoms with Gasteiger partial charge in [-0.3, -0.25) is 14.4 Å². The van der Waals surface area contributed by atoms with Crippen LogP contribution in [0, 0.1) is 11.8 Å². The third-order valence-electron chi connectivity index (χ3n) is 10.8. The van der Waals surface area contributed by atoms with Gasteiger partial charge in [0.2, 0.25) is 18.6 Å². The van der Waals surface area contributed by atoms with Gasteiger partial charge in [0, 0.05) is 6.07 Å². The van der Waals surface area contributed by atoms with Crippen LogP contribution in [0.4, 0.5) is 5.69 Å². The zero-order valence-corrected chi connectivity index (χ0v) is 27.3. The number of carbonyl (C=O) groups excluding carboxylic acids is 3. The summed E-state index contributed by atoms with van der Waals surface area (Å²) in [5.41, 5.74) is 1.53. The van der Waals surface area contributed by atoms with Crippen LogP contribution in [0.2, 0.25) is 0 Å². The molecular formula is C42H31NO7. The van der Waals surface area contributed by atoms with Gasteiger partial charge in [0.05, 0.1) is 42.6 Å². The largest absolute Gasteiger partial charge is 0.497 e. The summed E-state index contributed by atoms with van der Waals surface area (Å²) in [5.74, 6) is -0.867. The van der Waals surface area contributed by atoms with Gasteiger partial charge < -0.3 is 18.9 Å². The number of nitrogens with zero attached hydrogens (tertiary/aromatic N) is 1. The van der Waals surface area contributed by atoms with Crippen molar-refractivity contribution in [3.05, 3.63) is 150 Å². The molecule has 1 saturated heterocycles. The van der Waals surface area contributed by atoms with Crippen LogP contribution in [0.3, 0.4) is 0 Å². The molecular weight excluding hydrogens is 630 g/mol. The van der Waals surface area contributed by atoms with Crippen molar-refractivity contribution >= 4 is 34.4 Å². The monoisotopic (exact) mass is 661 g/mol. The molecule has 4 aliphatic rings. The van der Waals surface area contributed by atoms with Crippen LogP contribution in [0.25, 0.3) is 11.1 Å². The van der Waals surface area contributed by atoms with Crippen LogP contribution in [0.15, 0.2) is 127 Å². The van der Waals surface area contributed by atoms with Crippen LogP contribution >= 0.6 is 0 Å². The van der Waals surface area contributed by atoms with Crippen molar-refractivity contribution in [2.24, 2.45) is 11.8 Å². The second kappa shape index (κ2) is 10.9. The molecule has 0 aromatic heterocycles. The second-order valence-electron chi connectivity index (χ2n) is 12.9. The number of anilines is 1. The first-order valence-electron chi connectivity index (χ1n) is 16.4. The van der Waals surface area contributed by atoms with Crippen LogP contribution in [-0.2, 0) is 25.2 Å². The number of benzene rings is 5. The number of rotatable bonds is 7. The lowest BCUT2D eigenvalue weighted by atomic mass is 9.59. The van der Waals surface area contributed by atoms with E-state index in [1.807, 2.05) is 109 Å². The van der Waals surface area contributed by atoms with Crippen molar-refractivity contribution in [2.75, 3.05) is 25.9 Å². The van der Waals surface area contributed by atoms with Crippen LogP contribution in [0.5, 0.6) is 23.0 Å². The molecule has 0 radical (unpaired) electrons. The van der Waals surface area contributed by atoms with Gasteiger partial charge in [-0.05, 0) is 69.8 Å². The summed E-state index contributed by atoms with van der Waals surface area (Å²) in [6.07, 6.45) is 0. The molecule has 2 heterocycles. The highest BCUT2D eigenvalue weighted by Crippen LogP contribution is 2.74. The number of carbonyl (C=O) groups is 3. The summed E-state index contributed by atoms with van der Waals surface area (Å²) in [7, 11) is 3.21. The van der Waals surface area contributed by atoms with Crippen molar-refractivity contribution in [3.8, 4) is 23.0 Å². The minimum Gasteiger partial charge on any atom is -0.497 e. The van der Waals surface area contributed by atoms with Crippen molar-refractivity contribution in [2.45, 2.75) is 10.8 Å². The maximum absolute atomic E-state index is 16.1. The number of ketones is 1. The zero-order chi connectivity index (χ0) is 34.2. The summed E-state index contributed by atoms with van der Waals surface area (Å²) in [6.45, 7) is 0.0506. The minimum atomic E-state index is -1.52. The Hall–Kier alpha value is -6.15. The number of imide groups is 1. The number of amides is 2.